The maximum Gasteiger partial charge on any atom is 0.119 e. The molecule has 108 valence electrons. The predicted octanol–water partition coefficient (Wildman–Crippen LogP) is 3.37. The largest absolute Gasteiger partial charge is 0.492 e. The molecular formula is C17H19N3O. The zero-order valence-corrected chi connectivity index (χ0v) is 12.6. The average Bonchev–Trinajstić information content (AvgIpc) is 2.43. The Morgan fingerprint density at radius 1 is 1.24 bits per heavy atom. The number of nitrogens with zero attached hydrogens (tertiary/aromatic N) is 2. The molecule has 2 rings (SSSR count). The number of hydrogen-bond donors (Lipinski definition) is 1. The van der Waals surface area contributed by atoms with Crippen LogP contribution in [0.3, 0.4) is 0 Å². The van der Waals surface area contributed by atoms with Crippen molar-refractivity contribution in [1.29, 1.82) is 5.26 Å². The Bertz CT molecular complexity index is 674. The Balaban J connectivity index is 1.94. The fraction of sp³-hybridized carbons (Fsp3) is 0.294. The molecular weight excluding hydrogens is 262 g/mol. The summed E-state index contributed by atoms with van der Waals surface area (Å²) in [5, 5.41) is 12.4. The standard InChI is InChI=1S/C17H19N3O/c1-12-5-4-6-15(9-12)21-8-7-19-17-10-13(2)20-14(3)16(17)11-18/h4-6,9-10H,7-8H2,1-3H3,(H,19,20). The summed E-state index contributed by atoms with van der Waals surface area (Å²) in [6, 6.07) is 12.0. The Kier molecular flexibility index (Phi) is 4.78. The molecule has 4 nitrogen and oxygen atoms in total. The molecule has 0 atom stereocenters. The summed E-state index contributed by atoms with van der Waals surface area (Å²) in [7, 11) is 0. The minimum atomic E-state index is 0.536. The van der Waals surface area contributed by atoms with E-state index in [2.05, 4.69) is 16.4 Å². The van der Waals surface area contributed by atoms with E-state index in [4.69, 9.17) is 4.74 Å². The number of nitriles is 1. The van der Waals surface area contributed by atoms with Gasteiger partial charge in [0.2, 0.25) is 0 Å². The topological polar surface area (TPSA) is 57.9 Å². The molecule has 0 radical (unpaired) electrons. The number of anilines is 1. The van der Waals surface area contributed by atoms with Crippen LogP contribution in [0.25, 0.3) is 0 Å². The van der Waals surface area contributed by atoms with Crippen LogP contribution in [-0.2, 0) is 0 Å². The summed E-state index contributed by atoms with van der Waals surface area (Å²) in [5.41, 5.74) is 4.23. The van der Waals surface area contributed by atoms with Gasteiger partial charge in [-0.25, -0.2) is 0 Å². The van der Waals surface area contributed by atoms with E-state index in [9.17, 15) is 5.26 Å². The zero-order chi connectivity index (χ0) is 15.2. The van der Waals surface area contributed by atoms with E-state index < -0.39 is 0 Å². The van der Waals surface area contributed by atoms with E-state index in [0.29, 0.717) is 18.7 Å². The SMILES string of the molecule is Cc1cccc(OCCNc2cc(C)nc(C)c2C#N)c1. The van der Waals surface area contributed by atoms with Gasteiger partial charge in [-0.2, -0.15) is 5.26 Å². The van der Waals surface area contributed by atoms with Gasteiger partial charge in [-0.05, 0) is 44.5 Å². The lowest BCUT2D eigenvalue weighted by atomic mass is 10.1. The molecule has 0 aliphatic carbocycles. The van der Waals surface area contributed by atoms with Gasteiger partial charge in [0.05, 0.1) is 16.9 Å². The summed E-state index contributed by atoms with van der Waals surface area (Å²) < 4.78 is 5.68. The van der Waals surface area contributed by atoms with E-state index in [-0.39, 0.29) is 0 Å². The Morgan fingerprint density at radius 2 is 2.05 bits per heavy atom. The second-order valence-electron chi connectivity index (χ2n) is 4.98. The molecule has 1 aromatic carbocycles. The molecule has 21 heavy (non-hydrogen) atoms. The van der Waals surface area contributed by atoms with Crippen LogP contribution in [0, 0.1) is 32.1 Å². The fourth-order valence-electron chi connectivity index (χ4n) is 2.17. The van der Waals surface area contributed by atoms with Crippen LogP contribution in [0.4, 0.5) is 5.69 Å². The normalized spacial score (nSPS) is 10.0. The third kappa shape index (κ3) is 3.96. The minimum Gasteiger partial charge on any atom is -0.492 e. The number of rotatable bonds is 5. The van der Waals surface area contributed by atoms with Crippen molar-refractivity contribution in [1.82, 2.24) is 4.98 Å². The van der Waals surface area contributed by atoms with Crippen LogP contribution in [-0.4, -0.2) is 18.1 Å². The molecule has 4 heteroatoms. The van der Waals surface area contributed by atoms with Crippen LogP contribution < -0.4 is 10.1 Å². The molecule has 0 fully saturated rings. The van der Waals surface area contributed by atoms with Crippen LogP contribution in [0.5, 0.6) is 5.75 Å². The lowest BCUT2D eigenvalue weighted by Gasteiger charge is -2.12. The highest BCUT2D eigenvalue weighted by molar-refractivity contribution is 5.59. The average molecular weight is 281 g/mol. The summed E-state index contributed by atoms with van der Waals surface area (Å²) in [6.45, 7) is 6.97. The number of nitrogens with one attached hydrogen (secondary N) is 1. The van der Waals surface area contributed by atoms with Crippen molar-refractivity contribution in [2.24, 2.45) is 0 Å². The number of aryl methyl sites for hydroxylation is 3. The highest BCUT2D eigenvalue weighted by Gasteiger charge is 2.07. The second kappa shape index (κ2) is 6.76. The maximum atomic E-state index is 9.19. The molecule has 0 saturated carbocycles. The van der Waals surface area contributed by atoms with Crippen molar-refractivity contribution in [2.45, 2.75) is 20.8 Å². The number of benzene rings is 1. The molecule has 2 aromatic rings. The molecule has 0 spiro atoms. The quantitative estimate of drug-likeness (QED) is 0.854. The Hall–Kier alpha value is -2.54. The first-order valence-electron chi connectivity index (χ1n) is 6.92. The monoisotopic (exact) mass is 281 g/mol. The van der Waals surface area contributed by atoms with Gasteiger partial charge in [0, 0.05) is 12.2 Å². The van der Waals surface area contributed by atoms with Gasteiger partial charge in [-0.3, -0.25) is 4.98 Å². The smallest absolute Gasteiger partial charge is 0.119 e. The van der Waals surface area contributed by atoms with E-state index in [1.165, 1.54) is 5.56 Å². The molecule has 0 amide bonds. The lowest BCUT2D eigenvalue weighted by molar-refractivity contribution is 0.332. The number of ether oxygens (including phenoxy) is 1. The Morgan fingerprint density at radius 3 is 2.76 bits per heavy atom. The van der Waals surface area contributed by atoms with Crippen molar-refractivity contribution < 1.29 is 4.74 Å². The van der Waals surface area contributed by atoms with Gasteiger partial charge < -0.3 is 10.1 Å². The maximum absolute atomic E-state index is 9.19. The number of aromatic nitrogens is 1. The fourth-order valence-corrected chi connectivity index (χ4v) is 2.17. The van der Waals surface area contributed by atoms with Crippen molar-refractivity contribution in [3.8, 4) is 11.8 Å². The van der Waals surface area contributed by atoms with Gasteiger partial charge in [0.1, 0.15) is 18.4 Å². The van der Waals surface area contributed by atoms with Crippen LogP contribution >= 0.6 is 0 Å². The van der Waals surface area contributed by atoms with E-state index in [0.717, 1.165) is 22.8 Å². The molecule has 0 unspecified atom stereocenters. The molecule has 0 bridgehead atoms. The molecule has 0 aliphatic rings. The van der Waals surface area contributed by atoms with Gasteiger partial charge in [-0.15, -0.1) is 0 Å². The van der Waals surface area contributed by atoms with Crippen LogP contribution in [0.15, 0.2) is 30.3 Å². The Labute approximate surface area is 125 Å². The van der Waals surface area contributed by atoms with E-state index in [1.807, 2.05) is 51.1 Å². The highest BCUT2D eigenvalue weighted by atomic mass is 16.5. The first-order chi connectivity index (χ1) is 10.1. The second-order valence-corrected chi connectivity index (χ2v) is 4.98. The minimum absolute atomic E-state index is 0.536. The van der Waals surface area contributed by atoms with Crippen molar-refractivity contribution >= 4 is 5.69 Å². The summed E-state index contributed by atoms with van der Waals surface area (Å²) in [6.07, 6.45) is 0. The van der Waals surface area contributed by atoms with Crippen molar-refractivity contribution in [3.05, 3.63) is 52.8 Å². The third-order valence-electron chi connectivity index (χ3n) is 3.12. The summed E-state index contributed by atoms with van der Waals surface area (Å²) >= 11 is 0. The molecule has 1 aromatic heterocycles. The third-order valence-corrected chi connectivity index (χ3v) is 3.12. The molecule has 1 heterocycles. The molecule has 0 saturated heterocycles. The number of hydrogen-bond acceptors (Lipinski definition) is 4. The van der Waals surface area contributed by atoms with Crippen LogP contribution in [0.2, 0.25) is 0 Å². The van der Waals surface area contributed by atoms with Crippen molar-refractivity contribution in [3.63, 3.8) is 0 Å². The van der Waals surface area contributed by atoms with Gasteiger partial charge in [0.15, 0.2) is 0 Å². The number of pyridine rings is 1. The van der Waals surface area contributed by atoms with Gasteiger partial charge in [-0.1, -0.05) is 12.1 Å². The molecule has 1 N–H and O–H groups in total. The zero-order valence-electron chi connectivity index (χ0n) is 12.6. The highest BCUT2D eigenvalue weighted by Crippen LogP contribution is 2.18. The van der Waals surface area contributed by atoms with Crippen molar-refractivity contribution in [2.75, 3.05) is 18.5 Å². The summed E-state index contributed by atoms with van der Waals surface area (Å²) in [4.78, 5) is 4.30. The van der Waals surface area contributed by atoms with Crippen LogP contribution in [0.1, 0.15) is 22.5 Å². The first kappa shape index (κ1) is 14.9. The van der Waals surface area contributed by atoms with Gasteiger partial charge in [0.25, 0.3) is 0 Å². The summed E-state index contributed by atoms with van der Waals surface area (Å²) in [5.74, 6) is 0.861. The van der Waals surface area contributed by atoms with Gasteiger partial charge >= 0.3 is 0 Å². The van der Waals surface area contributed by atoms with E-state index in [1.54, 1.807) is 0 Å². The molecule has 0 aliphatic heterocycles. The predicted molar refractivity (Wildman–Crippen MR) is 83.6 cm³/mol. The van der Waals surface area contributed by atoms with E-state index >= 15 is 0 Å². The first-order valence-corrected chi connectivity index (χ1v) is 6.92. The lowest BCUT2D eigenvalue weighted by Crippen LogP contribution is -2.13.